The molecule has 2 N–H and O–H groups in total. The van der Waals surface area contributed by atoms with E-state index in [1.165, 1.54) is 7.11 Å². The molecule has 0 bridgehead atoms. The second-order valence-electron chi connectivity index (χ2n) is 5.88. The predicted molar refractivity (Wildman–Crippen MR) is 84.8 cm³/mol. The summed E-state index contributed by atoms with van der Waals surface area (Å²) in [5.74, 6) is -0.439. The Morgan fingerprint density at radius 3 is 2.36 bits per heavy atom. The van der Waals surface area contributed by atoms with E-state index >= 15 is 0 Å². The fourth-order valence-corrected chi connectivity index (χ4v) is 1.69. The lowest BCUT2D eigenvalue weighted by molar-refractivity contribution is -0.143. The number of hydrazone groups is 1. The number of nitrogens with zero attached hydrogens (tertiary/aromatic N) is 2. The summed E-state index contributed by atoms with van der Waals surface area (Å²) in [6, 6.07) is -0.673. The summed E-state index contributed by atoms with van der Waals surface area (Å²) in [5.41, 5.74) is 2.09. The van der Waals surface area contributed by atoms with E-state index in [0.29, 0.717) is 18.8 Å². The second-order valence-corrected chi connectivity index (χ2v) is 5.88. The molecule has 0 saturated heterocycles. The van der Waals surface area contributed by atoms with Gasteiger partial charge in [-0.05, 0) is 41.8 Å². The third-order valence-corrected chi connectivity index (χ3v) is 2.70. The molecule has 128 valence electrons. The Morgan fingerprint density at radius 2 is 1.91 bits per heavy atom. The molecule has 0 rings (SSSR count). The molecule has 0 radical (unpaired) electrons. The lowest BCUT2D eigenvalue weighted by Gasteiger charge is -2.25. The lowest BCUT2D eigenvalue weighted by atomic mass is 10.1. The zero-order valence-corrected chi connectivity index (χ0v) is 14.5. The Kier molecular flexibility index (Phi) is 8.66. The highest BCUT2D eigenvalue weighted by molar-refractivity contribution is 6.05. The lowest BCUT2D eigenvalue weighted by Crippen LogP contribution is -2.47. The van der Waals surface area contributed by atoms with E-state index in [0.717, 1.165) is 0 Å². The molecular weight excluding hydrogens is 288 g/mol. The Bertz CT molecular complexity index is 404. The van der Waals surface area contributed by atoms with Gasteiger partial charge in [-0.15, -0.1) is 0 Å². The summed E-state index contributed by atoms with van der Waals surface area (Å²) in [7, 11) is 4.92. The average molecular weight is 316 g/mol. The quantitative estimate of drug-likeness (QED) is 0.405. The molecule has 0 spiro atoms. The van der Waals surface area contributed by atoms with Gasteiger partial charge in [0.15, 0.2) is 0 Å². The first-order chi connectivity index (χ1) is 10.1. The van der Waals surface area contributed by atoms with Crippen molar-refractivity contribution in [3.05, 3.63) is 0 Å². The summed E-state index contributed by atoms with van der Waals surface area (Å²) < 4.78 is 9.88. The Morgan fingerprint density at radius 1 is 1.32 bits per heavy atom. The molecule has 0 aromatic rings. The fraction of sp³-hybridized carbons (Fsp3) is 0.786. The van der Waals surface area contributed by atoms with Gasteiger partial charge in [-0.3, -0.25) is 4.90 Å². The van der Waals surface area contributed by atoms with Crippen molar-refractivity contribution in [2.45, 2.75) is 39.3 Å². The van der Waals surface area contributed by atoms with Crippen LogP contribution in [0.15, 0.2) is 5.10 Å². The third-order valence-electron chi connectivity index (χ3n) is 2.70. The Balaban J connectivity index is 4.88. The number of carbonyl (C=O) groups is 2. The summed E-state index contributed by atoms with van der Waals surface area (Å²) in [5, 5.41) is 6.94. The van der Waals surface area contributed by atoms with Crippen molar-refractivity contribution in [3.8, 4) is 0 Å². The molecule has 1 unspecified atom stereocenters. The predicted octanol–water partition coefficient (Wildman–Crippen LogP) is 0.580. The van der Waals surface area contributed by atoms with Gasteiger partial charge in [0, 0.05) is 13.1 Å². The molecule has 8 heteroatoms. The molecule has 0 aromatic carbocycles. The van der Waals surface area contributed by atoms with Crippen molar-refractivity contribution in [1.82, 2.24) is 15.6 Å². The molecule has 0 saturated carbocycles. The molecule has 0 aromatic heterocycles. The van der Waals surface area contributed by atoms with Gasteiger partial charge in [0.25, 0.3) is 0 Å². The number of rotatable bonds is 7. The minimum absolute atomic E-state index is 0.413. The van der Waals surface area contributed by atoms with Crippen LogP contribution in [0.1, 0.15) is 27.7 Å². The first-order valence-electron chi connectivity index (χ1n) is 7.08. The molecule has 0 heterocycles. The van der Waals surface area contributed by atoms with Gasteiger partial charge in [-0.25, -0.2) is 15.0 Å². The monoisotopic (exact) mass is 316 g/mol. The van der Waals surface area contributed by atoms with E-state index in [4.69, 9.17) is 9.47 Å². The minimum atomic E-state index is -0.673. The van der Waals surface area contributed by atoms with Crippen LogP contribution in [-0.2, 0) is 14.3 Å². The van der Waals surface area contributed by atoms with Crippen LogP contribution >= 0.6 is 0 Å². The molecule has 1 atom stereocenters. The number of methoxy groups -OCH3 is 1. The van der Waals surface area contributed by atoms with Crippen LogP contribution in [0.2, 0.25) is 0 Å². The van der Waals surface area contributed by atoms with Crippen LogP contribution < -0.4 is 10.7 Å². The highest BCUT2D eigenvalue weighted by Crippen LogP contribution is 2.07. The maximum atomic E-state index is 11.9. The van der Waals surface area contributed by atoms with Crippen molar-refractivity contribution in [2.75, 3.05) is 34.3 Å². The van der Waals surface area contributed by atoms with Crippen LogP contribution in [0.4, 0.5) is 4.79 Å². The van der Waals surface area contributed by atoms with E-state index in [2.05, 4.69) is 15.8 Å². The van der Waals surface area contributed by atoms with Crippen LogP contribution in [-0.4, -0.2) is 68.6 Å². The van der Waals surface area contributed by atoms with Crippen molar-refractivity contribution >= 4 is 17.8 Å². The van der Waals surface area contributed by atoms with Crippen molar-refractivity contribution in [1.29, 1.82) is 0 Å². The zero-order chi connectivity index (χ0) is 17.3. The SMILES string of the molecule is CNCCN(C)C(C(=O)OC)/C(C)=N/NC(=O)OC(C)(C)C. The van der Waals surface area contributed by atoms with E-state index in [-0.39, 0.29) is 0 Å². The molecular formula is C14H28N4O4. The van der Waals surface area contributed by atoms with Crippen LogP contribution in [0, 0.1) is 0 Å². The number of hydrogen-bond acceptors (Lipinski definition) is 7. The molecule has 1 amide bonds. The Hall–Kier alpha value is -1.67. The molecule has 0 fully saturated rings. The highest BCUT2D eigenvalue weighted by Gasteiger charge is 2.27. The normalized spacial score (nSPS) is 13.7. The highest BCUT2D eigenvalue weighted by atomic mass is 16.6. The summed E-state index contributed by atoms with van der Waals surface area (Å²) >= 11 is 0. The van der Waals surface area contributed by atoms with Gasteiger partial charge >= 0.3 is 12.1 Å². The largest absolute Gasteiger partial charge is 0.468 e. The van der Waals surface area contributed by atoms with E-state index in [1.807, 2.05) is 7.05 Å². The minimum Gasteiger partial charge on any atom is -0.468 e. The van der Waals surface area contributed by atoms with Crippen molar-refractivity contribution in [3.63, 3.8) is 0 Å². The zero-order valence-electron chi connectivity index (χ0n) is 14.5. The van der Waals surface area contributed by atoms with E-state index < -0.39 is 23.7 Å². The van der Waals surface area contributed by atoms with Gasteiger partial charge in [0.2, 0.25) is 0 Å². The smallest absolute Gasteiger partial charge is 0.428 e. The number of carbonyl (C=O) groups excluding carboxylic acids is 2. The molecule has 8 nitrogen and oxygen atoms in total. The fourth-order valence-electron chi connectivity index (χ4n) is 1.69. The van der Waals surface area contributed by atoms with Crippen LogP contribution in [0.3, 0.4) is 0 Å². The number of amides is 1. The van der Waals surface area contributed by atoms with Crippen molar-refractivity contribution < 1.29 is 19.1 Å². The van der Waals surface area contributed by atoms with E-state index in [9.17, 15) is 9.59 Å². The number of esters is 1. The van der Waals surface area contributed by atoms with Gasteiger partial charge < -0.3 is 14.8 Å². The third kappa shape index (κ3) is 7.94. The van der Waals surface area contributed by atoms with Crippen LogP contribution in [0.25, 0.3) is 0 Å². The molecule has 0 aliphatic rings. The van der Waals surface area contributed by atoms with E-state index in [1.54, 1.807) is 39.6 Å². The molecule has 22 heavy (non-hydrogen) atoms. The van der Waals surface area contributed by atoms with Gasteiger partial charge in [0.1, 0.15) is 11.6 Å². The Labute approximate surface area is 132 Å². The number of ether oxygens (including phenoxy) is 2. The number of nitrogens with one attached hydrogen (secondary N) is 2. The first-order valence-corrected chi connectivity index (χ1v) is 7.08. The maximum Gasteiger partial charge on any atom is 0.428 e. The molecule has 0 aliphatic carbocycles. The average Bonchev–Trinajstić information content (AvgIpc) is 2.41. The van der Waals surface area contributed by atoms with Crippen molar-refractivity contribution in [2.24, 2.45) is 5.10 Å². The number of hydrogen-bond donors (Lipinski definition) is 2. The topological polar surface area (TPSA) is 92.3 Å². The molecule has 0 aliphatic heterocycles. The van der Waals surface area contributed by atoms with Gasteiger partial charge in [-0.1, -0.05) is 0 Å². The van der Waals surface area contributed by atoms with Crippen LogP contribution in [0.5, 0.6) is 0 Å². The summed E-state index contributed by atoms with van der Waals surface area (Å²) in [6.07, 6.45) is -0.673. The standard InChI is InChI=1S/C14H28N4O4/c1-10(16-17-13(20)22-14(2,3)4)11(12(19)21-7)18(6)9-8-15-5/h11,15H,8-9H2,1-7H3,(H,17,20)/b16-10+. The van der Waals surface area contributed by atoms with Gasteiger partial charge in [-0.2, -0.15) is 5.10 Å². The maximum absolute atomic E-state index is 11.9. The second kappa shape index (κ2) is 9.37. The first kappa shape index (κ1) is 20.3. The summed E-state index contributed by atoms with van der Waals surface area (Å²) in [4.78, 5) is 25.3. The summed E-state index contributed by atoms with van der Waals surface area (Å²) in [6.45, 7) is 8.24. The van der Waals surface area contributed by atoms with Gasteiger partial charge in [0.05, 0.1) is 12.8 Å². The number of likely N-dealkylation sites (N-methyl/N-ethyl adjacent to an activating group) is 2.